The predicted octanol–water partition coefficient (Wildman–Crippen LogP) is 1.72. The van der Waals surface area contributed by atoms with Gasteiger partial charge < -0.3 is 10.2 Å². The van der Waals surface area contributed by atoms with Crippen LogP contribution < -0.4 is 5.32 Å². The van der Waals surface area contributed by atoms with Crippen molar-refractivity contribution in [3.63, 3.8) is 0 Å². The van der Waals surface area contributed by atoms with E-state index in [0.717, 1.165) is 32.1 Å². The second-order valence-corrected chi connectivity index (χ2v) is 9.01. The molecule has 0 spiro atoms. The summed E-state index contributed by atoms with van der Waals surface area (Å²) < 4.78 is 40.5. The molecule has 1 aromatic carbocycles. The molecule has 152 valence electrons. The van der Waals surface area contributed by atoms with E-state index in [4.69, 9.17) is 0 Å². The fourth-order valence-electron chi connectivity index (χ4n) is 3.88. The van der Waals surface area contributed by atoms with E-state index in [2.05, 4.69) is 5.32 Å². The van der Waals surface area contributed by atoms with Crippen molar-refractivity contribution in [3.8, 4) is 0 Å². The van der Waals surface area contributed by atoms with Crippen molar-refractivity contribution in [2.24, 2.45) is 11.8 Å². The quantitative estimate of drug-likeness (QED) is 0.788. The highest BCUT2D eigenvalue weighted by Crippen LogP contribution is 2.28. The molecule has 9 heteroatoms. The van der Waals surface area contributed by atoms with E-state index in [-0.39, 0.29) is 42.2 Å². The lowest BCUT2D eigenvalue weighted by molar-refractivity contribution is -0.135. The van der Waals surface area contributed by atoms with Crippen LogP contribution in [0.15, 0.2) is 29.2 Å². The first kappa shape index (κ1) is 22.1. The molecule has 2 saturated heterocycles. The number of halogens is 2. The number of carbonyl (C=O) groups is 1. The summed E-state index contributed by atoms with van der Waals surface area (Å²) in [6.45, 7) is 2.96. The number of amides is 1. The summed E-state index contributed by atoms with van der Waals surface area (Å²) in [5, 5.41) is 3.15. The smallest absolute Gasteiger partial charge is 0.245 e. The van der Waals surface area contributed by atoms with Crippen LogP contribution in [0.2, 0.25) is 0 Å². The molecule has 0 radical (unpaired) electrons. The molecular formula is C18H27ClFN3O3S. The van der Waals surface area contributed by atoms with E-state index in [9.17, 15) is 17.6 Å². The van der Waals surface area contributed by atoms with Gasteiger partial charge >= 0.3 is 0 Å². The van der Waals surface area contributed by atoms with Crippen LogP contribution in [0.25, 0.3) is 0 Å². The molecule has 1 amide bonds. The van der Waals surface area contributed by atoms with Gasteiger partial charge in [-0.1, -0.05) is 12.1 Å². The first-order valence-electron chi connectivity index (χ1n) is 9.11. The average molecular weight is 420 g/mol. The third-order valence-corrected chi connectivity index (χ3v) is 7.28. The molecule has 2 fully saturated rings. The first-order valence-corrected chi connectivity index (χ1v) is 10.6. The van der Waals surface area contributed by atoms with Crippen LogP contribution in [-0.4, -0.2) is 63.3 Å². The van der Waals surface area contributed by atoms with Crippen LogP contribution in [0, 0.1) is 17.7 Å². The van der Waals surface area contributed by atoms with Gasteiger partial charge in [-0.2, -0.15) is 4.31 Å². The summed E-state index contributed by atoms with van der Waals surface area (Å²) in [6, 6.07) is 5.42. The van der Waals surface area contributed by atoms with E-state index in [1.54, 1.807) is 0 Å². The molecule has 2 aliphatic rings. The number of nitrogens with one attached hydrogen (secondary N) is 1. The average Bonchev–Trinajstić information content (AvgIpc) is 3.10. The van der Waals surface area contributed by atoms with E-state index in [1.165, 1.54) is 22.5 Å². The molecule has 2 aliphatic heterocycles. The molecule has 0 saturated carbocycles. The second-order valence-electron chi connectivity index (χ2n) is 7.11. The van der Waals surface area contributed by atoms with Gasteiger partial charge in [0.05, 0.1) is 0 Å². The summed E-state index contributed by atoms with van der Waals surface area (Å²) >= 11 is 0. The highest BCUT2D eigenvalue weighted by atomic mass is 35.5. The Labute approximate surface area is 166 Å². The zero-order valence-corrected chi connectivity index (χ0v) is 17.1. The van der Waals surface area contributed by atoms with Gasteiger partial charge in [0, 0.05) is 32.1 Å². The number of hydrogen-bond acceptors (Lipinski definition) is 4. The molecule has 2 heterocycles. The van der Waals surface area contributed by atoms with Gasteiger partial charge in [0.25, 0.3) is 0 Å². The molecule has 1 N–H and O–H groups in total. The third-order valence-electron chi connectivity index (χ3n) is 5.35. The summed E-state index contributed by atoms with van der Waals surface area (Å²) in [5.74, 6) is -0.259. The first-order chi connectivity index (χ1) is 12.4. The molecule has 0 aliphatic carbocycles. The minimum Gasteiger partial charge on any atom is -0.342 e. The molecular weight excluding hydrogens is 393 g/mol. The highest BCUT2D eigenvalue weighted by Gasteiger charge is 2.36. The van der Waals surface area contributed by atoms with Crippen LogP contribution in [0.5, 0.6) is 0 Å². The minimum absolute atomic E-state index is 0. The van der Waals surface area contributed by atoms with Crippen molar-refractivity contribution in [1.29, 1.82) is 0 Å². The van der Waals surface area contributed by atoms with Gasteiger partial charge in [0.15, 0.2) is 0 Å². The molecule has 27 heavy (non-hydrogen) atoms. The van der Waals surface area contributed by atoms with Crippen molar-refractivity contribution in [2.75, 3.05) is 39.8 Å². The lowest BCUT2D eigenvalue weighted by Gasteiger charge is -2.32. The van der Waals surface area contributed by atoms with Crippen molar-refractivity contribution < 1.29 is 17.6 Å². The van der Waals surface area contributed by atoms with E-state index >= 15 is 0 Å². The molecule has 1 atom stereocenters. The topological polar surface area (TPSA) is 69.7 Å². The predicted molar refractivity (Wildman–Crippen MR) is 104 cm³/mol. The second kappa shape index (κ2) is 9.32. The van der Waals surface area contributed by atoms with Gasteiger partial charge in [-0.05, 0) is 50.9 Å². The molecule has 1 aromatic rings. The number of hydrogen-bond donors (Lipinski definition) is 1. The largest absolute Gasteiger partial charge is 0.342 e. The number of nitrogens with zero attached hydrogens (tertiary/aromatic N) is 2. The van der Waals surface area contributed by atoms with Crippen LogP contribution in [-0.2, 0) is 14.8 Å². The molecule has 0 bridgehead atoms. The Morgan fingerprint density at radius 1 is 1.19 bits per heavy atom. The number of piperidine rings is 1. The van der Waals surface area contributed by atoms with Gasteiger partial charge in [-0.3, -0.25) is 4.79 Å². The lowest BCUT2D eigenvalue weighted by atomic mass is 9.96. The Hall–Kier alpha value is -1.22. The monoisotopic (exact) mass is 419 g/mol. The molecule has 1 unspecified atom stereocenters. The van der Waals surface area contributed by atoms with Gasteiger partial charge in [0.2, 0.25) is 15.9 Å². The summed E-state index contributed by atoms with van der Waals surface area (Å²) in [5.41, 5.74) is 0. The Kier molecular flexibility index (Phi) is 7.62. The van der Waals surface area contributed by atoms with E-state index in [1.807, 2.05) is 11.9 Å². The van der Waals surface area contributed by atoms with Crippen LogP contribution in [0.4, 0.5) is 4.39 Å². The maximum Gasteiger partial charge on any atom is 0.245 e. The number of carbonyl (C=O) groups excluding carboxylic acids is 1. The summed E-state index contributed by atoms with van der Waals surface area (Å²) in [7, 11) is -1.94. The zero-order chi connectivity index (χ0) is 18.7. The Morgan fingerprint density at radius 2 is 1.85 bits per heavy atom. The van der Waals surface area contributed by atoms with Crippen LogP contribution in [0.1, 0.15) is 19.3 Å². The Bertz CT molecular complexity index is 754. The maximum atomic E-state index is 13.9. The minimum atomic E-state index is -3.85. The van der Waals surface area contributed by atoms with Crippen LogP contribution in [0.3, 0.4) is 0 Å². The standard InChI is InChI=1S/C18H26FN3O3S.ClH/c1-20-12-14-6-9-21(13-14)18(23)15-7-10-22(11-8-15)26(24,25)17-5-3-2-4-16(17)19;/h2-5,14-15,20H,6-13H2,1H3;1H. The summed E-state index contributed by atoms with van der Waals surface area (Å²) in [4.78, 5) is 14.3. The maximum absolute atomic E-state index is 13.9. The van der Waals surface area contributed by atoms with Crippen LogP contribution >= 0.6 is 12.4 Å². The normalized spacial score (nSPS) is 21.9. The van der Waals surface area contributed by atoms with Crippen molar-refractivity contribution in [2.45, 2.75) is 24.2 Å². The van der Waals surface area contributed by atoms with Crippen molar-refractivity contribution in [1.82, 2.24) is 14.5 Å². The van der Waals surface area contributed by atoms with Gasteiger partial charge in [0.1, 0.15) is 10.7 Å². The fourth-order valence-corrected chi connectivity index (χ4v) is 5.42. The fraction of sp³-hybridized carbons (Fsp3) is 0.611. The van der Waals surface area contributed by atoms with E-state index < -0.39 is 15.8 Å². The van der Waals surface area contributed by atoms with E-state index in [0.29, 0.717) is 18.8 Å². The number of sulfonamides is 1. The Balaban J connectivity index is 0.00000261. The number of benzene rings is 1. The highest BCUT2D eigenvalue weighted by molar-refractivity contribution is 7.89. The van der Waals surface area contributed by atoms with Gasteiger partial charge in [-0.25, -0.2) is 12.8 Å². The number of likely N-dealkylation sites (tertiary alicyclic amines) is 1. The number of rotatable bonds is 5. The zero-order valence-electron chi connectivity index (χ0n) is 15.4. The van der Waals surface area contributed by atoms with Crippen molar-refractivity contribution in [3.05, 3.63) is 30.1 Å². The van der Waals surface area contributed by atoms with Gasteiger partial charge in [-0.15, -0.1) is 12.4 Å². The molecule has 0 aromatic heterocycles. The molecule has 6 nitrogen and oxygen atoms in total. The summed E-state index contributed by atoms with van der Waals surface area (Å²) in [6.07, 6.45) is 1.98. The third kappa shape index (κ3) is 4.80. The Morgan fingerprint density at radius 3 is 2.48 bits per heavy atom. The molecule has 3 rings (SSSR count). The van der Waals surface area contributed by atoms with Crippen molar-refractivity contribution >= 4 is 28.3 Å². The lowest BCUT2D eigenvalue weighted by Crippen LogP contribution is -2.44. The SMILES string of the molecule is CNCC1CCN(C(=O)C2CCN(S(=O)(=O)c3ccccc3F)CC2)C1.Cl.